The number of primary amides is 1. The minimum Gasteiger partial charge on any atom is -0.370 e. The maximum absolute atomic E-state index is 12.0. The molecule has 104 valence electrons. The zero-order chi connectivity index (χ0) is 13.7. The summed E-state index contributed by atoms with van der Waals surface area (Å²) in [5, 5.41) is 0. The van der Waals surface area contributed by atoms with E-state index in [1.54, 1.807) is 0 Å². The lowest BCUT2D eigenvalue weighted by atomic mass is 9.92. The van der Waals surface area contributed by atoms with Crippen LogP contribution in [-0.2, 0) is 9.59 Å². The van der Waals surface area contributed by atoms with E-state index in [9.17, 15) is 9.59 Å². The normalized spacial score (nSPS) is 19.0. The fraction of sp³-hybridized carbons (Fsp3) is 0.846. The van der Waals surface area contributed by atoms with Crippen LogP contribution in [-0.4, -0.2) is 35.8 Å². The van der Waals surface area contributed by atoms with Crippen LogP contribution in [0.15, 0.2) is 0 Å². The predicted octanol–water partition coefficient (Wildman–Crippen LogP) is 0.474. The fourth-order valence-corrected chi connectivity index (χ4v) is 2.24. The monoisotopic (exact) mass is 255 g/mol. The van der Waals surface area contributed by atoms with Crippen molar-refractivity contribution >= 4 is 11.8 Å². The molecule has 1 aliphatic rings. The van der Waals surface area contributed by atoms with E-state index in [-0.39, 0.29) is 17.9 Å². The lowest BCUT2D eigenvalue weighted by Crippen LogP contribution is -2.42. The molecule has 1 fully saturated rings. The first-order chi connectivity index (χ1) is 8.40. The summed E-state index contributed by atoms with van der Waals surface area (Å²) < 4.78 is 0. The van der Waals surface area contributed by atoms with Crippen molar-refractivity contribution in [3.63, 3.8) is 0 Å². The van der Waals surface area contributed by atoms with Crippen LogP contribution in [0.5, 0.6) is 0 Å². The second-order valence-corrected chi connectivity index (χ2v) is 5.61. The molecular formula is C13H25N3O2. The molecule has 2 amide bonds. The molecule has 0 aromatic heterocycles. The van der Waals surface area contributed by atoms with Crippen LogP contribution in [0.25, 0.3) is 0 Å². The summed E-state index contributed by atoms with van der Waals surface area (Å²) in [6.07, 6.45) is 2.59. The molecule has 4 N–H and O–H groups in total. The number of carbonyl (C=O) groups excluding carboxylic acids is 2. The highest BCUT2D eigenvalue weighted by molar-refractivity contribution is 5.77. The largest absolute Gasteiger partial charge is 0.370 e. The molecule has 1 rings (SSSR count). The zero-order valence-electron chi connectivity index (χ0n) is 11.4. The van der Waals surface area contributed by atoms with Gasteiger partial charge in [-0.2, -0.15) is 0 Å². The molecule has 0 aromatic rings. The summed E-state index contributed by atoms with van der Waals surface area (Å²) in [5.41, 5.74) is 11.1. The molecule has 18 heavy (non-hydrogen) atoms. The van der Waals surface area contributed by atoms with Gasteiger partial charge in [-0.1, -0.05) is 13.8 Å². The van der Waals surface area contributed by atoms with Crippen molar-refractivity contribution in [3.05, 3.63) is 0 Å². The molecule has 1 heterocycles. The molecule has 1 saturated heterocycles. The molecule has 0 saturated carbocycles. The van der Waals surface area contributed by atoms with Gasteiger partial charge in [0.05, 0.1) is 0 Å². The van der Waals surface area contributed by atoms with Crippen molar-refractivity contribution in [1.82, 2.24) is 4.90 Å². The van der Waals surface area contributed by atoms with Gasteiger partial charge < -0.3 is 16.4 Å². The molecule has 1 aliphatic heterocycles. The summed E-state index contributed by atoms with van der Waals surface area (Å²) in [4.78, 5) is 24.7. The summed E-state index contributed by atoms with van der Waals surface area (Å²) in [7, 11) is 0. The van der Waals surface area contributed by atoms with E-state index in [1.807, 2.05) is 18.7 Å². The van der Waals surface area contributed by atoms with Crippen LogP contribution < -0.4 is 11.5 Å². The standard InChI is InChI=1S/C13H25N3O2/c1-9(2)11(14)8-13(18)16-5-3-10(4-6-16)7-12(15)17/h9-11H,3-8,14H2,1-2H3,(H2,15,17). The van der Waals surface area contributed by atoms with Gasteiger partial charge in [0.1, 0.15) is 0 Å². The van der Waals surface area contributed by atoms with Crippen LogP contribution in [0.2, 0.25) is 0 Å². The average Bonchev–Trinajstić information content (AvgIpc) is 2.28. The Morgan fingerprint density at radius 1 is 1.28 bits per heavy atom. The summed E-state index contributed by atoms with van der Waals surface area (Å²) in [6, 6.07) is -0.0687. The van der Waals surface area contributed by atoms with Crippen molar-refractivity contribution in [3.8, 4) is 0 Å². The van der Waals surface area contributed by atoms with E-state index in [0.717, 1.165) is 25.9 Å². The minimum absolute atomic E-state index is 0.0687. The van der Waals surface area contributed by atoms with E-state index >= 15 is 0 Å². The Hall–Kier alpha value is -1.10. The van der Waals surface area contributed by atoms with Gasteiger partial charge in [-0.15, -0.1) is 0 Å². The highest BCUT2D eigenvalue weighted by atomic mass is 16.2. The maximum Gasteiger partial charge on any atom is 0.224 e. The number of nitrogens with zero attached hydrogens (tertiary/aromatic N) is 1. The second-order valence-electron chi connectivity index (χ2n) is 5.61. The van der Waals surface area contributed by atoms with E-state index in [1.165, 1.54) is 0 Å². The van der Waals surface area contributed by atoms with Gasteiger partial charge in [0.25, 0.3) is 0 Å². The van der Waals surface area contributed by atoms with E-state index in [4.69, 9.17) is 11.5 Å². The van der Waals surface area contributed by atoms with E-state index < -0.39 is 0 Å². The number of carbonyl (C=O) groups is 2. The molecule has 1 atom stereocenters. The summed E-state index contributed by atoms with van der Waals surface area (Å²) in [6.45, 7) is 5.50. The molecule has 0 aromatic carbocycles. The molecular weight excluding hydrogens is 230 g/mol. The Morgan fingerprint density at radius 3 is 2.28 bits per heavy atom. The summed E-state index contributed by atoms with van der Waals surface area (Å²) in [5.74, 6) is 0.544. The maximum atomic E-state index is 12.0. The van der Waals surface area contributed by atoms with Crippen molar-refractivity contribution in [2.24, 2.45) is 23.3 Å². The van der Waals surface area contributed by atoms with Gasteiger partial charge >= 0.3 is 0 Å². The van der Waals surface area contributed by atoms with Gasteiger partial charge in [-0.3, -0.25) is 9.59 Å². The van der Waals surface area contributed by atoms with Crippen LogP contribution in [0.4, 0.5) is 0 Å². The molecule has 5 nitrogen and oxygen atoms in total. The van der Waals surface area contributed by atoms with Crippen molar-refractivity contribution < 1.29 is 9.59 Å². The van der Waals surface area contributed by atoms with Gasteiger partial charge in [0, 0.05) is 32.0 Å². The van der Waals surface area contributed by atoms with Crippen LogP contribution in [0.1, 0.15) is 39.5 Å². The van der Waals surface area contributed by atoms with Crippen LogP contribution >= 0.6 is 0 Å². The van der Waals surface area contributed by atoms with E-state index in [0.29, 0.717) is 24.7 Å². The first-order valence-corrected chi connectivity index (χ1v) is 6.71. The SMILES string of the molecule is CC(C)C(N)CC(=O)N1CCC(CC(N)=O)CC1. The Balaban J connectivity index is 2.34. The van der Waals surface area contributed by atoms with Gasteiger partial charge in [0.2, 0.25) is 11.8 Å². The smallest absolute Gasteiger partial charge is 0.224 e. The molecule has 0 spiro atoms. The number of rotatable bonds is 5. The number of amides is 2. The number of hydrogen-bond donors (Lipinski definition) is 2. The number of nitrogens with two attached hydrogens (primary N) is 2. The van der Waals surface area contributed by atoms with Crippen molar-refractivity contribution in [1.29, 1.82) is 0 Å². The Kier molecular flexibility index (Phi) is 5.59. The van der Waals surface area contributed by atoms with Crippen LogP contribution in [0, 0.1) is 11.8 Å². The van der Waals surface area contributed by atoms with Crippen molar-refractivity contribution in [2.75, 3.05) is 13.1 Å². The minimum atomic E-state index is -0.249. The zero-order valence-corrected chi connectivity index (χ0v) is 11.4. The van der Waals surface area contributed by atoms with Crippen LogP contribution in [0.3, 0.4) is 0 Å². The first kappa shape index (κ1) is 15.0. The number of hydrogen-bond acceptors (Lipinski definition) is 3. The topological polar surface area (TPSA) is 89.4 Å². The summed E-state index contributed by atoms with van der Waals surface area (Å²) >= 11 is 0. The molecule has 5 heteroatoms. The first-order valence-electron chi connectivity index (χ1n) is 6.71. The molecule has 0 bridgehead atoms. The Labute approximate surface area is 109 Å². The highest BCUT2D eigenvalue weighted by Gasteiger charge is 2.25. The van der Waals surface area contributed by atoms with Gasteiger partial charge in [-0.25, -0.2) is 0 Å². The van der Waals surface area contributed by atoms with Gasteiger partial charge in [-0.05, 0) is 24.7 Å². The van der Waals surface area contributed by atoms with Gasteiger partial charge in [0.15, 0.2) is 0 Å². The second kappa shape index (κ2) is 6.73. The van der Waals surface area contributed by atoms with Crippen molar-refractivity contribution in [2.45, 2.75) is 45.6 Å². The lowest BCUT2D eigenvalue weighted by Gasteiger charge is -2.32. The predicted molar refractivity (Wildman–Crippen MR) is 70.5 cm³/mol. The molecule has 1 unspecified atom stereocenters. The molecule has 0 radical (unpaired) electrons. The third-order valence-corrected chi connectivity index (χ3v) is 3.72. The Bertz CT molecular complexity index is 297. The Morgan fingerprint density at radius 2 is 1.83 bits per heavy atom. The third kappa shape index (κ3) is 4.64. The molecule has 0 aliphatic carbocycles. The number of likely N-dealkylation sites (tertiary alicyclic amines) is 1. The average molecular weight is 255 g/mol. The lowest BCUT2D eigenvalue weighted by molar-refractivity contribution is -0.133. The third-order valence-electron chi connectivity index (χ3n) is 3.72. The fourth-order valence-electron chi connectivity index (χ4n) is 2.24. The number of piperidine rings is 1. The quantitative estimate of drug-likeness (QED) is 0.748. The highest BCUT2D eigenvalue weighted by Crippen LogP contribution is 2.21. The van der Waals surface area contributed by atoms with E-state index in [2.05, 4.69) is 0 Å².